The molecule has 190 valence electrons. The van der Waals surface area contributed by atoms with E-state index in [0.29, 0.717) is 30.0 Å². The summed E-state index contributed by atoms with van der Waals surface area (Å²) in [6.07, 6.45) is 3.37. The van der Waals surface area contributed by atoms with E-state index in [4.69, 9.17) is 0 Å². The average Bonchev–Trinajstić information content (AvgIpc) is 3.53. The van der Waals surface area contributed by atoms with Crippen molar-refractivity contribution in [2.24, 2.45) is 0 Å². The highest BCUT2D eigenvalue weighted by molar-refractivity contribution is 5.80. The molecule has 3 heterocycles. The topological polar surface area (TPSA) is 131 Å². The number of aliphatic hydroxyl groups is 1. The average molecular weight is 501 g/mol. The highest BCUT2D eigenvalue weighted by atomic mass is 16.5. The van der Waals surface area contributed by atoms with Gasteiger partial charge in [-0.3, -0.25) is 18.9 Å². The zero-order valence-electron chi connectivity index (χ0n) is 20.9. The predicted molar refractivity (Wildman–Crippen MR) is 138 cm³/mol. The van der Waals surface area contributed by atoms with Crippen molar-refractivity contribution >= 4 is 5.78 Å². The molecule has 10 nitrogen and oxygen atoms in total. The number of hydrogen-bond donors (Lipinski definition) is 2. The largest absolute Gasteiger partial charge is 0.439 e. The normalized spacial score (nSPS) is 11.9. The van der Waals surface area contributed by atoms with E-state index in [-0.39, 0.29) is 12.1 Å². The SMILES string of the molecule is CCCc1c(Cc2ccc(-c3ccccc3-c3noc(=O)[nH]3)cc2)c(=O)n(CC(C)(C)O)c2ncnn12. The number of rotatable bonds is 8. The summed E-state index contributed by atoms with van der Waals surface area (Å²) in [6, 6.07) is 15.5. The maximum atomic E-state index is 13.7. The van der Waals surface area contributed by atoms with Crippen LogP contribution in [-0.4, -0.2) is 40.0 Å². The van der Waals surface area contributed by atoms with Gasteiger partial charge in [0.1, 0.15) is 6.33 Å². The van der Waals surface area contributed by atoms with Crippen LogP contribution in [0.2, 0.25) is 0 Å². The summed E-state index contributed by atoms with van der Waals surface area (Å²) in [5.41, 5.74) is 3.73. The van der Waals surface area contributed by atoms with Gasteiger partial charge in [0.15, 0.2) is 5.82 Å². The molecule has 2 N–H and O–H groups in total. The molecule has 5 aromatic rings. The number of nitrogens with zero attached hydrogens (tertiary/aromatic N) is 5. The highest BCUT2D eigenvalue weighted by Gasteiger charge is 2.23. The number of fused-ring (bicyclic) bond motifs is 1. The van der Waals surface area contributed by atoms with Crippen LogP contribution < -0.4 is 11.3 Å². The summed E-state index contributed by atoms with van der Waals surface area (Å²) >= 11 is 0. The maximum Gasteiger partial charge on any atom is 0.439 e. The second-order valence-electron chi connectivity index (χ2n) is 9.71. The number of hydrogen-bond acceptors (Lipinski definition) is 7. The fraction of sp³-hybridized carbons (Fsp3) is 0.296. The molecule has 5 rings (SSSR count). The number of aromatic nitrogens is 6. The number of H-pyrrole nitrogens is 1. The zero-order valence-corrected chi connectivity index (χ0v) is 20.9. The van der Waals surface area contributed by atoms with Crippen molar-refractivity contribution in [3.8, 4) is 22.5 Å². The number of benzene rings is 2. The van der Waals surface area contributed by atoms with E-state index < -0.39 is 11.4 Å². The fourth-order valence-corrected chi connectivity index (χ4v) is 4.61. The third-order valence-corrected chi connectivity index (χ3v) is 6.18. The van der Waals surface area contributed by atoms with E-state index >= 15 is 0 Å². The molecule has 3 aromatic heterocycles. The molecule has 0 aliphatic carbocycles. The van der Waals surface area contributed by atoms with Crippen LogP contribution in [0.25, 0.3) is 28.3 Å². The molecule has 0 amide bonds. The summed E-state index contributed by atoms with van der Waals surface area (Å²) in [6.45, 7) is 5.49. The van der Waals surface area contributed by atoms with Gasteiger partial charge in [-0.1, -0.05) is 67.0 Å². The third kappa shape index (κ3) is 4.88. The van der Waals surface area contributed by atoms with Crippen molar-refractivity contribution < 1.29 is 9.63 Å². The van der Waals surface area contributed by atoms with Crippen molar-refractivity contribution in [1.82, 2.24) is 29.3 Å². The number of nitrogens with one attached hydrogen (secondary N) is 1. The van der Waals surface area contributed by atoms with Crippen LogP contribution in [-0.2, 0) is 19.4 Å². The Hall–Kier alpha value is -4.31. The van der Waals surface area contributed by atoms with Crippen LogP contribution in [0.1, 0.15) is 44.0 Å². The summed E-state index contributed by atoms with van der Waals surface area (Å²) in [5, 5.41) is 18.7. The Kier molecular flexibility index (Phi) is 6.34. The molecule has 0 radical (unpaired) electrons. The molecule has 2 aromatic carbocycles. The van der Waals surface area contributed by atoms with E-state index in [0.717, 1.165) is 34.4 Å². The Morgan fingerprint density at radius 1 is 1.05 bits per heavy atom. The van der Waals surface area contributed by atoms with Gasteiger partial charge in [-0.25, -0.2) is 9.31 Å². The van der Waals surface area contributed by atoms with E-state index in [1.54, 1.807) is 18.4 Å². The summed E-state index contributed by atoms with van der Waals surface area (Å²) in [4.78, 5) is 32.0. The lowest BCUT2D eigenvalue weighted by molar-refractivity contribution is 0.0611. The van der Waals surface area contributed by atoms with Gasteiger partial charge < -0.3 is 5.11 Å². The van der Waals surface area contributed by atoms with Gasteiger partial charge in [-0.15, -0.1) is 0 Å². The second kappa shape index (κ2) is 9.62. The van der Waals surface area contributed by atoms with Gasteiger partial charge in [0.25, 0.3) is 5.56 Å². The summed E-state index contributed by atoms with van der Waals surface area (Å²) < 4.78 is 7.90. The first-order chi connectivity index (χ1) is 17.7. The van der Waals surface area contributed by atoms with Crippen molar-refractivity contribution in [3.63, 3.8) is 0 Å². The molecule has 37 heavy (non-hydrogen) atoms. The first-order valence-corrected chi connectivity index (χ1v) is 12.2. The molecule has 0 unspecified atom stereocenters. The zero-order chi connectivity index (χ0) is 26.2. The molecule has 10 heteroatoms. The number of aryl methyl sites for hydroxylation is 1. The molecular formula is C27H28N6O4. The molecule has 0 bridgehead atoms. The Labute approximate surface area is 212 Å². The van der Waals surface area contributed by atoms with Crippen LogP contribution in [0, 0.1) is 0 Å². The first-order valence-electron chi connectivity index (χ1n) is 12.2. The Bertz CT molecular complexity index is 1670. The third-order valence-electron chi connectivity index (χ3n) is 6.18. The van der Waals surface area contributed by atoms with Gasteiger partial charge in [-0.2, -0.15) is 10.1 Å². The highest BCUT2D eigenvalue weighted by Crippen LogP contribution is 2.30. The standard InChI is InChI=1S/C27H28N6O4/c1-4-7-22-21(24(34)32(15-27(2,3)36)25-28-16-29-33(22)25)14-17-10-12-18(13-11-17)19-8-5-6-9-20(19)23-30-26(35)37-31-23/h5-6,8-13,16,36H,4,7,14-15H2,1-3H3,(H,30,31,35). The lowest BCUT2D eigenvalue weighted by Gasteiger charge is -2.21. The molecule has 0 spiro atoms. The molecule has 0 saturated carbocycles. The van der Waals surface area contributed by atoms with Crippen molar-refractivity contribution in [2.45, 2.75) is 52.2 Å². The molecule has 0 aliphatic heterocycles. The van der Waals surface area contributed by atoms with E-state index in [9.17, 15) is 14.7 Å². The Morgan fingerprint density at radius 2 is 1.78 bits per heavy atom. The minimum atomic E-state index is -1.09. The second-order valence-corrected chi connectivity index (χ2v) is 9.71. The van der Waals surface area contributed by atoms with Gasteiger partial charge in [-0.05, 0) is 37.0 Å². The van der Waals surface area contributed by atoms with E-state index in [1.807, 2.05) is 48.5 Å². The molecular weight excluding hydrogens is 472 g/mol. The monoisotopic (exact) mass is 500 g/mol. The van der Waals surface area contributed by atoms with Crippen molar-refractivity contribution in [3.05, 3.63) is 92.6 Å². The van der Waals surface area contributed by atoms with E-state index in [2.05, 4.69) is 31.7 Å². The Balaban J connectivity index is 1.55. The maximum absolute atomic E-state index is 13.7. The number of aromatic amines is 1. The van der Waals surface area contributed by atoms with Crippen LogP contribution in [0.15, 0.2) is 69.0 Å². The minimum absolute atomic E-state index is 0.104. The smallest absolute Gasteiger partial charge is 0.389 e. The van der Waals surface area contributed by atoms with E-state index in [1.165, 1.54) is 10.9 Å². The van der Waals surface area contributed by atoms with Gasteiger partial charge >= 0.3 is 5.76 Å². The van der Waals surface area contributed by atoms with Gasteiger partial charge in [0.05, 0.1) is 17.8 Å². The summed E-state index contributed by atoms with van der Waals surface area (Å²) in [7, 11) is 0. The predicted octanol–water partition coefficient (Wildman–Crippen LogP) is 3.22. The van der Waals surface area contributed by atoms with Crippen LogP contribution in [0.5, 0.6) is 0 Å². The molecule has 0 saturated heterocycles. The lowest BCUT2D eigenvalue weighted by atomic mass is 9.96. The lowest BCUT2D eigenvalue weighted by Crippen LogP contribution is -2.36. The van der Waals surface area contributed by atoms with Crippen molar-refractivity contribution in [2.75, 3.05) is 0 Å². The molecule has 0 atom stereocenters. The van der Waals surface area contributed by atoms with Gasteiger partial charge in [0, 0.05) is 17.5 Å². The minimum Gasteiger partial charge on any atom is -0.389 e. The Morgan fingerprint density at radius 3 is 2.43 bits per heavy atom. The quantitative estimate of drug-likeness (QED) is 0.334. The molecule has 0 aliphatic rings. The fourth-order valence-electron chi connectivity index (χ4n) is 4.61. The van der Waals surface area contributed by atoms with Crippen LogP contribution in [0.4, 0.5) is 0 Å². The van der Waals surface area contributed by atoms with Crippen LogP contribution in [0.3, 0.4) is 0 Å². The van der Waals surface area contributed by atoms with Gasteiger partial charge in [0.2, 0.25) is 5.78 Å². The first kappa shape index (κ1) is 24.4. The molecule has 0 fully saturated rings. The van der Waals surface area contributed by atoms with Crippen molar-refractivity contribution in [1.29, 1.82) is 0 Å². The summed E-state index contributed by atoms with van der Waals surface area (Å²) in [5.74, 6) is 0.183. The van der Waals surface area contributed by atoms with Crippen LogP contribution >= 0.6 is 0 Å².